The molecule has 0 fully saturated rings. The van der Waals surface area contributed by atoms with Crippen molar-refractivity contribution in [1.82, 2.24) is 0 Å². The van der Waals surface area contributed by atoms with Crippen molar-refractivity contribution in [2.75, 3.05) is 0 Å². The van der Waals surface area contributed by atoms with Crippen LogP contribution >= 0.6 is 108 Å². The third kappa shape index (κ3) is 6.69. The molecular formula is C8Cl6O6S10. The lowest BCUT2D eigenvalue weighted by Gasteiger charge is -2.02. The zero-order chi connectivity index (χ0) is 22.9. The molecule has 0 spiro atoms. The second-order valence-electron chi connectivity index (χ2n) is 4.18. The van der Waals surface area contributed by atoms with Gasteiger partial charge < -0.3 is 0 Å². The zero-order valence-corrected chi connectivity index (χ0v) is 25.5. The van der Waals surface area contributed by atoms with Crippen molar-refractivity contribution >= 4 is 168 Å². The minimum absolute atomic E-state index is 0.102. The van der Waals surface area contributed by atoms with Gasteiger partial charge in [-0.1, -0.05) is 0 Å². The predicted molar refractivity (Wildman–Crippen MR) is 134 cm³/mol. The molecule has 0 amide bonds. The van der Waals surface area contributed by atoms with E-state index in [1.165, 1.54) is 0 Å². The Hall–Kier alpha value is 2.74. The Kier molecular flexibility index (Phi) is 12.2. The lowest BCUT2D eigenvalue weighted by molar-refractivity contribution is 0.679. The van der Waals surface area contributed by atoms with E-state index in [4.69, 9.17) is 64.1 Å². The van der Waals surface area contributed by atoms with Crippen LogP contribution in [-0.2, 0) is 60.1 Å². The van der Waals surface area contributed by atoms with Gasteiger partial charge in [0.1, 0.15) is 18.2 Å². The molecular weight excluding hydrogens is 725 g/mol. The van der Waals surface area contributed by atoms with Crippen molar-refractivity contribution in [1.29, 1.82) is 0 Å². The highest BCUT2D eigenvalue weighted by Gasteiger charge is 2.32. The Morgan fingerprint density at radius 1 is 0.467 bits per heavy atom. The highest BCUT2D eigenvalue weighted by atomic mass is 35.7. The molecule has 0 aromatic carbocycles. The van der Waals surface area contributed by atoms with Crippen LogP contribution in [0.4, 0.5) is 0 Å². The summed E-state index contributed by atoms with van der Waals surface area (Å²) in [4.78, 5) is -0.763. The Bertz CT molecular complexity index is 1050. The third-order valence-electron chi connectivity index (χ3n) is 2.65. The van der Waals surface area contributed by atoms with E-state index in [2.05, 4.69) is 0 Å². The second-order valence-corrected chi connectivity index (χ2v) is 19.6. The second kappa shape index (κ2) is 12.6. The van der Waals surface area contributed by atoms with Gasteiger partial charge in [-0.05, 0) is 85.7 Å². The lowest BCUT2D eigenvalue weighted by atomic mass is 10.6. The topological polar surface area (TPSA) is 102 Å². The maximum atomic E-state index is 12.0. The summed E-state index contributed by atoms with van der Waals surface area (Å²) in [5, 5.41) is 0. The normalized spacial score (nSPS) is 17.9. The molecule has 2 aromatic heterocycles. The molecule has 2 heterocycles. The predicted octanol–water partition coefficient (Wildman–Crippen LogP) is 6.18. The van der Waals surface area contributed by atoms with Gasteiger partial charge in [0, 0.05) is 0 Å². The van der Waals surface area contributed by atoms with E-state index < -0.39 is 60.1 Å². The van der Waals surface area contributed by atoms with Crippen LogP contribution in [0.3, 0.4) is 0 Å². The average molecular weight is 725 g/mol. The van der Waals surface area contributed by atoms with E-state index in [1.807, 2.05) is 0 Å². The lowest BCUT2D eigenvalue weighted by Crippen LogP contribution is -1.92. The number of halogens is 6. The molecule has 6 atom stereocenters. The maximum Gasteiger partial charge on any atom is 0.159 e. The highest BCUT2D eigenvalue weighted by molar-refractivity contribution is 8.77. The van der Waals surface area contributed by atoms with Gasteiger partial charge in [0.25, 0.3) is 0 Å². The van der Waals surface area contributed by atoms with Crippen LogP contribution in [0.25, 0.3) is 0 Å². The molecule has 0 saturated carbocycles. The molecule has 2 aromatic rings. The molecule has 0 aliphatic carbocycles. The molecule has 30 heavy (non-hydrogen) atoms. The Balaban J connectivity index is 2.60. The van der Waals surface area contributed by atoms with Crippen molar-refractivity contribution in [2.24, 2.45) is 0 Å². The van der Waals surface area contributed by atoms with E-state index in [1.54, 1.807) is 0 Å². The van der Waals surface area contributed by atoms with E-state index in [0.29, 0.717) is 0 Å². The van der Waals surface area contributed by atoms with Gasteiger partial charge in [0.05, 0.1) is 18.2 Å². The van der Waals surface area contributed by atoms with Gasteiger partial charge in [0.15, 0.2) is 60.1 Å². The van der Waals surface area contributed by atoms with Gasteiger partial charge in [-0.25, -0.2) is 25.3 Å². The number of thiophene rings is 2. The van der Waals surface area contributed by atoms with Crippen LogP contribution in [0.5, 0.6) is 0 Å². The van der Waals surface area contributed by atoms with Gasteiger partial charge in [0.2, 0.25) is 0 Å². The zero-order valence-electron chi connectivity index (χ0n) is 12.8. The smallest absolute Gasteiger partial charge is 0.159 e. The maximum absolute atomic E-state index is 12.0. The monoisotopic (exact) mass is 722 g/mol. The molecule has 2 rings (SSSR count). The van der Waals surface area contributed by atoms with Gasteiger partial charge >= 0.3 is 0 Å². The Morgan fingerprint density at radius 2 is 0.733 bits per heavy atom. The van der Waals surface area contributed by atoms with E-state index >= 15 is 0 Å². The molecule has 6 nitrogen and oxygen atoms in total. The molecule has 0 saturated heterocycles. The fraction of sp³-hybridized carbons (Fsp3) is 0. The summed E-state index contributed by atoms with van der Waals surface area (Å²) < 4.78 is 71.4. The van der Waals surface area contributed by atoms with Crippen LogP contribution in [-0.4, -0.2) is 25.3 Å². The summed E-state index contributed by atoms with van der Waals surface area (Å²) >= 11 is 1.57. The third-order valence-corrected chi connectivity index (χ3v) is 17.8. The van der Waals surface area contributed by atoms with Crippen LogP contribution in [0.2, 0.25) is 0 Å². The molecule has 6 unspecified atom stereocenters. The van der Waals surface area contributed by atoms with Crippen molar-refractivity contribution < 1.29 is 25.3 Å². The summed E-state index contributed by atoms with van der Waals surface area (Å²) in [5.41, 5.74) is 0. The van der Waals surface area contributed by atoms with Crippen molar-refractivity contribution in [3.63, 3.8) is 0 Å². The minimum atomic E-state index is -2.22. The van der Waals surface area contributed by atoms with Gasteiger partial charge in [-0.3, -0.25) is 0 Å². The van der Waals surface area contributed by atoms with Crippen molar-refractivity contribution in [3.05, 3.63) is 0 Å². The first kappa shape index (κ1) is 29.0. The molecule has 170 valence electrons. The molecule has 0 aliphatic heterocycles. The molecule has 0 N–H and O–H groups in total. The molecule has 0 radical (unpaired) electrons. The highest BCUT2D eigenvalue weighted by Crippen LogP contribution is 2.53. The standard InChI is InChI=1S/C8Cl6O6S10/c9-25(15)1-3(27(11)17)7(29(13)19)21-5(1)23-24-6-2(26(10)16)4(28(12)18)8(22-6)30(14)20. The quantitative estimate of drug-likeness (QED) is 0.223. The summed E-state index contributed by atoms with van der Waals surface area (Å²) in [5.74, 6) is 0. The van der Waals surface area contributed by atoms with Gasteiger partial charge in [-0.15, -0.1) is 22.7 Å². The summed E-state index contributed by atoms with van der Waals surface area (Å²) in [6.07, 6.45) is 0. The van der Waals surface area contributed by atoms with Gasteiger partial charge in [-0.2, -0.15) is 0 Å². The SMILES string of the molecule is O=S(Cl)c1sc(SSc2sc(S(=O)Cl)c(S(=O)Cl)c2S(=O)Cl)c(S(=O)Cl)c1S(=O)Cl. The number of hydrogen-bond donors (Lipinski definition) is 0. The minimum Gasteiger partial charge on any atom is -0.237 e. The van der Waals surface area contributed by atoms with E-state index in [9.17, 15) is 25.3 Å². The fourth-order valence-electron chi connectivity index (χ4n) is 1.67. The van der Waals surface area contributed by atoms with Crippen LogP contribution in [0.15, 0.2) is 36.4 Å². The van der Waals surface area contributed by atoms with E-state index in [-0.39, 0.29) is 36.4 Å². The summed E-state index contributed by atoms with van der Waals surface area (Å²) in [6.45, 7) is 0. The van der Waals surface area contributed by atoms with Crippen LogP contribution in [0, 0.1) is 0 Å². The van der Waals surface area contributed by atoms with E-state index in [0.717, 1.165) is 44.3 Å². The Labute approximate surface area is 227 Å². The largest absolute Gasteiger partial charge is 0.237 e. The summed E-state index contributed by atoms with van der Waals surface area (Å²) in [6, 6.07) is 0. The van der Waals surface area contributed by atoms with Crippen molar-refractivity contribution in [3.8, 4) is 0 Å². The van der Waals surface area contributed by atoms with Crippen LogP contribution < -0.4 is 0 Å². The first-order chi connectivity index (χ1) is 13.9. The Morgan fingerprint density at radius 3 is 0.933 bits per heavy atom. The number of hydrogen-bond acceptors (Lipinski definition) is 10. The first-order valence-corrected chi connectivity index (χ1v) is 21.7. The van der Waals surface area contributed by atoms with Crippen molar-refractivity contribution in [2.45, 2.75) is 36.4 Å². The molecule has 0 aliphatic rings. The molecule has 0 bridgehead atoms. The summed E-state index contributed by atoms with van der Waals surface area (Å²) in [7, 11) is 22.5. The fourth-order valence-corrected chi connectivity index (χ4v) is 19.2. The average Bonchev–Trinajstić information content (AvgIpc) is 3.19. The number of rotatable bonds is 9. The van der Waals surface area contributed by atoms with Crippen LogP contribution in [0.1, 0.15) is 0 Å². The first-order valence-electron chi connectivity index (χ1n) is 6.04. The molecule has 22 heteroatoms.